The highest BCUT2D eigenvalue weighted by Gasteiger charge is 2.35. The predicted octanol–water partition coefficient (Wildman–Crippen LogP) is 4.96. The summed E-state index contributed by atoms with van der Waals surface area (Å²) in [5.41, 5.74) is 9.00. The summed E-state index contributed by atoms with van der Waals surface area (Å²) >= 11 is 12.9. The van der Waals surface area contributed by atoms with Crippen molar-refractivity contribution in [3.63, 3.8) is 0 Å². The Kier molecular flexibility index (Phi) is 5.29. The van der Waals surface area contributed by atoms with Crippen LogP contribution in [0.3, 0.4) is 0 Å². The Hall–Kier alpha value is -3.21. The average Bonchev–Trinajstić information content (AvgIpc) is 3.07. The molecule has 1 aliphatic rings. The lowest BCUT2D eigenvalue weighted by atomic mass is 9.84. The van der Waals surface area contributed by atoms with E-state index in [1.54, 1.807) is 24.3 Å². The SMILES string of the molecule is Cc1[nH]nc2c1[C@H](c1cc(Cl)c(OCc3ccc(F)cc3)c(Cl)c1)C(C#N)=C(N)O2. The third kappa shape index (κ3) is 3.56. The Morgan fingerprint density at radius 1 is 1.27 bits per heavy atom. The van der Waals surface area contributed by atoms with Gasteiger partial charge in [-0.2, -0.15) is 5.26 Å². The molecule has 1 atom stereocenters. The molecule has 0 spiro atoms. The highest BCUT2D eigenvalue weighted by atomic mass is 35.5. The summed E-state index contributed by atoms with van der Waals surface area (Å²) in [4.78, 5) is 0. The van der Waals surface area contributed by atoms with Gasteiger partial charge in [0.2, 0.25) is 11.8 Å². The van der Waals surface area contributed by atoms with Crippen LogP contribution in [0.2, 0.25) is 10.0 Å². The van der Waals surface area contributed by atoms with Gasteiger partial charge < -0.3 is 15.2 Å². The van der Waals surface area contributed by atoms with Gasteiger partial charge in [-0.05, 0) is 42.3 Å². The number of aromatic amines is 1. The molecule has 0 unspecified atom stereocenters. The first-order valence-electron chi connectivity index (χ1n) is 8.87. The molecule has 0 radical (unpaired) electrons. The Bertz CT molecular complexity index is 1180. The third-order valence-electron chi connectivity index (χ3n) is 4.78. The Labute approximate surface area is 181 Å². The lowest BCUT2D eigenvalue weighted by Crippen LogP contribution is -2.21. The van der Waals surface area contributed by atoms with E-state index in [4.69, 9.17) is 38.4 Å². The molecular formula is C21H15Cl2FN4O2. The van der Waals surface area contributed by atoms with Crippen molar-refractivity contribution in [1.82, 2.24) is 10.2 Å². The summed E-state index contributed by atoms with van der Waals surface area (Å²) in [5.74, 6) is -0.301. The number of nitrogens with zero attached hydrogens (tertiary/aromatic N) is 2. The predicted molar refractivity (Wildman–Crippen MR) is 110 cm³/mol. The number of allylic oxidation sites excluding steroid dienone is 1. The summed E-state index contributed by atoms with van der Waals surface area (Å²) in [6.07, 6.45) is 0. The first-order valence-corrected chi connectivity index (χ1v) is 9.63. The van der Waals surface area contributed by atoms with Gasteiger partial charge in [-0.3, -0.25) is 5.10 Å². The lowest BCUT2D eigenvalue weighted by molar-refractivity contribution is 0.306. The number of nitrogens with two attached hydrogens (primary N) is 1. The molecule has 6 nitrogen and oxygen atoms in total. The molecule has 1 aliphatic heterocycles. The van der Waals surface area contributed by atoms with Crippen molar-refractivity contribution in [1.29, 1.82) is 5.26 Å². The number of rotatable bonds is 4. The summed E-state index contributed by atoms with van der Waals surface area (Å²) in [7, 11) is 0. The second-order valence-electron chi connectivity index (χ2n) is 6.72. The van der Waals surface area contributed by atoms with E-state index in [2.05, 4.69) is 16.3 Å². The first kappa shape index (κ1) is 20.1. The number of aromatic nitrogens is 2. The Balaban J connectivity index is 1.70. The number of hydrogen-bond acceptors (Lipinski definition) is 5. The molecule has 2 aromatic carbocycles. The zero-order valence-corrected chi connectivity index (χ0v) is 17.2. The maximum absolute atomic E-state index is 13.1. The standard InChI is InChI=1S/C21H15Cl2FN4O2/c1-10-17-18(14(8-25)20(26)30-21(17)28-27-10)12-6-15(22)19(16(23)7-12)29-9-11-2-4-13(24)5-3-11/h2-7,18H,9,26H2,1H3,(H,27,28)/t18-/m1/s1. The fourth-order valence-corrected chi connectivity index (χ4v) is 3.97. The van der Waals surface area contributed by atoms with Crippen LogP contribution in [0.4, 0.5) is 4.39 Å². The number of benzene rings is 2. The number of H-pyrrole nitrogens is 1. The molecule has 0 saturated carbocycles. The molecule has 0 amide bonds. The quantitative estimate of drug-likeness (QED) is 0.592. The van der Waals surface area contributed by atoms with Crippen LogP contribution in [0.15, 0.2) is 47.9 Å². The maximum Gasteiger partial charge on any atom is 0.244 e. The molecule has 1 aromatic heterocycles. The zero-order valence-electron chi connectivity index (χ0n) is 15.7. The minimum atomic E-state index is -0.543. The molecule has 3 aromatic rings. The normalized spacial score (nSPS) is 15.4. The fraction of sp³-hybridized carbons (Fsp3) is 0.143. The van der Waals surface area contributed by atoms with Gasteiger partial charge in [0.05, 0.1) is 16.0 Å². The van der Waals surface area contributed by atoms with E-state index < -0.39 is 5.92 Å². The van der Waals surface area contributed by atoms with E-state index in [9.17, 15) is 9.65 Å². The third-order valence-corrected chi connectivity index (χ3v) is 5.34. The molecule has 152 valence electrons. The van der Waals surface area contributed by atoms with E-state index in [0.717, 1.165) is 11.3 Å². The Morgan fingerprint density at radius 2 is 1.93 bits per heavy atom. The van der Waals surface area contributed by atoms with Crippen LogP contribution in [0.1, 0.15) is 28.3 Å². The maximum atomic E-state index is 13.1. The summed E-state index contributed by atoms with van der Waals surface area (Å²) < 4.78 is 24.3. The average molecular weight is 445 g/mol. The Morgan fingerprint density at radius 3 is 2.57 bits per heavy atom. The number of halogens is 3. The number of nitriles is 1. The van der Waals surface area contributed by atoms with Gasteiger partial charge in [-0.15, -0.1) is 5.10 Å². The van der Waals surface area contributed by atoms with Crippen LogP contribution >= 0.6 is 23.2 Å². The van der Waals surface area contributed by atoms with Crippen molar-refractivity contribution in [2.45, 2.75) is 19.4 Å². The van der Waals surface area contributed by atoms with Crippen molar-refractivity contribution >= 4 is 23.2 Å². The molecule has 0 aliphatic carbocycles. The first-order chi connectivity index (χ1) is 14.4. The van der Waals surface area contributed by atoms with Crippen LogP contribution in [0.25, 0.3) is 0 Å². The van der Waals surface area contributed by atoms with E-state index >= 15 is 0 Å². The van der Waals surface area contributed by atoms with Gasteiger partial charge >= 0.3 is 0 Å². The molecule has 9 heteroatoms. The van der Waals surface area contributed by atoms with Crippen LogP contribution in [-0.2, 0) is 6.61 Å². The molecule has 0 bridgehead atoms. The zero-order chi connectivity index (χ0) is 21.4. The molecule has 2 heterocycles. The van der Waals surface area contributed by atoms with Crippen LogP contribution in [0.5, 0.6) is 11.6 Å². The minimum absolute atomic E-state index is 0.0228. The van der Waals surface area contributed by atoms with Crippen LogP contribution < -0.4 is 15.2 Å². The summed E-state index contributed by atoms with van der Waals surface area (Å²) in [6.45, 7) is 1.99. The summed E-state index contributed by atoms with van der Waals surface area (Å²) in [5, 5.41) is 17.1. The molecular weight excluding hydrogens is 430 g/mol. The second-order valence-corrected chi connectivity index (χ2v) is 7.54. The van der Waals surface area contributed by atoms with Crippen molar-refractivity contribution in [2.75, 3.05) is 0 Å². The van der Waals surface area contributed by atoms with E-state index in [1.165, 1.54) is 12.1 Å². The van der Waals surface area contributed by atoms with Crippen LogP contribution in [0, 0.1) is 24.1 Å². The smallest absolute Gasteiger partial charge is 0.244 e. The second kappa shape index (κ2) is 7.90. The van der Waals surface area contributed by atoms with Gasteiger partial charge in [0.1, 0.15) is 24.1 Å². The van der Waals surface area contributed by atoms with E-state index in [-0.39, 0.29) is 39.7 Å². The van der Waals surface area contributed by atoms with E-state index in [1.807, 2.05) is 6.92 Å². The molecule has 0 fully saturated rings. The fourth-order valence-electron chi connectivity index (χ4n) is 3.35. The van der Waals surface area contributed by atoms with Crippen molar-refractivity contribution < 1.29 is 13.9 Å². The van der Waals surface area contributed by atoms with Crippen molar-refractivity contribution in [2.24, 2.45) is 5.73 Å². The van der Waals surface area contributed by atoms with Crippen molar-refractivity contribution in [3.8, 4) is 17.7 Å². The van der Waals surface area contributed by atoms with E-state index in [0.29, 0.717) is 17.0 Å². The molecule has 30 heavy (non-hydrogen) atoms. The number of nitrogens with one attached hydrogen (secondary N) is 1. The number of ether oxygens (including phenoxy) is 2. The van der Waals surface area contributed by atoms with Gasteiger partial charge in [0, 0.05) is 11.3 Å². The molecule has 3 N–H and O–H groups in total. The largest absolute Gasteiger partial charge is 0.486 e. The van der Waals surface area contributed by atoms with Gasteiger partial charge in [-0.1, -0.05) is 35.3 Å². The summed E-state index contributed by atoms with van der Waals surface area (Å²) in [6, 6.07) is 11.4. The number of fused-ring (bicyclic) bond motifs is 1. The minimum Gasteiger partial charge on any atom is -0.486 e. The lowest BCUT2D eigenvalue weighted by Gasteiger charge is -2.24. The number of aryl methyl sites for hydroxylation is 1. The van der Waals surface area contributed by atoms with Crippen LogP contribution in [-0.4, -0.2) is 10.2 Å². The highest BCUT2D eigenvalue weighted by Crippen LogP contribution is 2.45. The van der Waals surface area contributed by atoms with Crippen molar-refractivity contribution in [3.05, 3.63) is 86.1 Å². The molecule has 4 rings (SSSR count). The topological polar surface area (TPSA) is 97.0 Å². The monoisotopic (exact) mass is 444 g/mol. The number of hydrogen-bond donors (Lipinski definition) is 2. The molecule has 0 saturated heterocycles. The van der Waals surface area contributed by atoms with Gasteiger partial charge in [-0.25, -0.2) is 4.39 Å². The van der Waals surface area contributed by atoms with Gasteiger partial charge in [0.15, 0.2) is 5.75 Å². The van der Waals surface area contributed by atoms with Gasteiger partial charge in [0.25, 0.3) is 0 Å². The highest BCUT2D eigenvalue weighted by molar-refractivity contribution is 6.37.